The minimum atomic E-state index is -0.886. The van der Waals surface area contributed by atoms with E-state index in [0.29, 0.717) is 5.56 Å². The number of nitrogens with one attached hydrogen (secondary N) is 1. The minimum Gasteiger partial charge on any atom is -0.478 e. The molecule has 3 nitrogen and oxygen atoms in total. The molecule has 94 valence electrons. The Balaban J connectivity index is 1.91. The van der Waals surface area contributed by atoms with E-state index in [2.05, 4.69) is 17.1 Å². The molecule has 0 aliphatic carbocycles. The van der Waals surface area contributed by atoms with E-state index in [-0.39, 0.29) is 0 Å². The van der Waals surface area contributed by atoms with Gasteiger partial charge in [0.2, 0.25) is 0 Å². The summed E-state index contributed by atoms with van der Waals surface area (Å²) >= 11 is 0. The number of hydrogen-bond donors (Lipinski definition) is 2. The standard InChI is InChI=1S/C16H13NO2/c18-16(19)14-3-1-2-11(10-14)8-12-4-5-15-13(9-12)6-7-17-15/h1-7,9-10,17H,8H2,(H,18,19). The maximum atomic E-state index is 10.9. The van der Waals surface area contributed by atoms with Gasteiger partial charge < -0.3 is 10.1 Å². The Hall–Kier alpha value is -2.55. The van der Waals surface area contributed by atoms with Crippen molar-refractivity contribution in [2.45, 2.75) is 6.42 Å². The highest BCUT2D eigenvalue weighted by atomic mass is 16.4. The third-order valence-corrected chi connectivity index (χ3v) is 3.20. The quantitative estimate of drug-likeness (QED) is 0.749. The summed E-state index contributed by atoms with van der Waals surface area (Å²) in [6.45, 7) is 0. The van der Waals surface area contributed by atoms with Crippen LogP contribution < -0.4 is 0 Å². The molecule has 3 heteroatoms. The van der Waals surface area contributed by atoms with Crippen LogP contribution >= 0.6 is 0 Å². The van der Waals surface area contributed by atoms with E-state index in [1.807, 2.05) is 24.4 Å². The largest absolute Gasteiger partial charge is 0.478 e. The van der Waals surface area contributed by atoms with Crippen LogP contribution in [0.1, 0.15) is 21.5 Å². The first-order valence-electron chi connectivity index (χ1n) is 6.10. The van der Waals surface area contributed by atoms with Gasteiger partial charge in [0.25, 0.3) is 0 Å². The monoisotopic (exact) mass is 251 g/mol. The summed E-state index contributed by atoms with van der Waals surface area (Å²) in [6, 6.07) is 15.3. The van der Waals surface area contributed by atoms with Gasteiger partial charge in [-0.1, -0.05) is 18.2 Å². The summed E-state index contributed by atoms with van der Waals surface area (Å²) in [5.74, 6) is -0.886. The van der Waals surface area contributed by atoms with Crippen LogP contribution in [0.2, 0.25) is 0 Å². The van der Waals surface area contributed by atoms with Gasteiger partial charge in [-0.25, -0.2) is 4.79 Å². The summed E-state index contributed by atoms with van der Waals surface area (Å²) in [7, 11) is 0. The van der Waals surface area contributed by atoms with Crippen molar-refractivity contribution in [2.24, 2.45) is 0 Å². The van der Waals surface area contributed by atoms with Crippen molar-refractivity contribution in [3.8, 4) is 0 Å². The van der Waals surface area contributed by atoms with Crippen LogP contribution in [0, 0.1) is 0 Å². The van der Waals surface area contributed by atoms with Crippen LogP contribution in [-0.4, -0.2) is 16.1 Å². The molecule has 3 aromatic rings. The van der Waals surface area contributed by atoms with Gasteiger partial charge in [-0.2, -0.15) is 0 Å². The van der Waals surface area contributed by atoms with Crippen LogP contribution in [0.15, 0.2) is 54.7 Å². The zero-order valence-corrected chi connectivity index (χ0v) is 10.3. The Kier molecular flexibility index (Phi) is 2.80. The first-order valence-corrected chi connectivity index (χ1v) is 6.10. The zero-order chi connectivity index (χ0) is 13.2. The van der Waals surface area contributed by atoms with E-state index in [1.54, 1.807) is 18.2 Å². The highest BCUT2D eigenvalue weighted by Gasteiger charge is 2.04. The first-order chi connectivity index (χ1) is 9.22. The fraction of sp³-hybridized carbons (Fsp3) is 0.0625. The summed E-state index contributed by atoms with van der Waals surface area (Å²) < 4.78 is 0. The second kappa shape index (κ2) is 4.61. The lowest BCUT2D eigenvalue weighted by Crippen LogP contribution is -1.97. The van der Waals surface area contributed by atoms with Crippen LogP contribution in [0.4, 0.5) is 0 Å². The van der Waals surface area contributed by atoms with Gasteiger partial charge >= 0.3 is 5.97 Å². The number of H-pyrrole nitrogens is 1. The molecule has 0 unspecified atom stereocenters. The van der Waals surface area contributed by atoms with E-state index >= 15 is 0 Å². The number of carboxylic acids is 1. The van der Waals surface area contributed by atoms with Gasteiger partial charge in [-0.3, -0.25) is 0 Å². The molecule has 1 heterocycles. The maximum absolute atomic E-state index is 10.9. The molecule has 0 radical (unpaired) electrons. The number of carboxylic acid groups (broad SMARTS) is 1. The molecule has 0 bridgehead atoms. The minimum absolute atomic E-state index is 0.334. The molecule has 0 saturated heterocycles. The highest BCUT2D eigenvalue weighted by Crippen LogP contribution is 2.17. The molecule has 1 aromatic heterocycles. The summed E-state index contributed by atoms with van der Waals surface area (Å²) in [5.41, 5.74) is 3.63. The van der Waals surface area contributed by atoms with Gasteiger partial charge in [-0.05, 0) is 53.3 Å². The number of aromatic amines is 1. The molecule has 0 saturated carbocycles. The fourth-order valence-electron chi connectivity index (χ4n) is 2.26. The topological polar surface area (TPSA) is 53.1 Å². The molecule has 0 atom stereocenters. The van der Waals surface area contributed by atoms with Crippen molar-refractivity contribution < 1.29 is 9.90 Å². The predicted octanol–water partition coefficient (Wildman–Crippen LogP) is 3.46. The third-order valence-electron chi connectivity index (χ3n) is 3.20. The number of aromatic carboxylic acids is 1. The molecule has 0 amide bonds. The zero-order valence-electron chi connectivity index (χ0n) is 10.3. The molecule has 0 aliphatic rings. The molecular formula is C16H13NO2. The second-order valence-corrected chi connectivity index (χ2v) is 4.58. The van der Waals surface area contributed by atoms with Crippen molar-refractivity contribution in [3.05, 3.63) is 71.4 Å². The molecule has 0 fully saturated rings. The summed E-state index contributed by atoms with van der Waals surface area (Å²) in [5, 5.41) is 10.2. The normalized spacial score (nSPS) is 10.7. The number of benzene rings is 2. The third kappa shape index (κ3) is 2.36. The van der Waals surface area contributed by atoms with Crippen molar-refractivity contribution in [1.29, 1.82) is 0 Å². The average molecular weight is 251 g/mol. The van der Waals surface area contributed by atoms with E-state index in [0.717, 1.165) is 17.5 Å². The smallest absolute Gasteiger partial charge is 0.335 e. The lowest BCUT2D eigenvalue weighted by molar-refractivity contribution is 0.0697. The number of carbonyl (C=O) groups is 1. The Labute approximate surface area is 110 Å². The van der Waals surface area contributed by atoms with Crippen molar-refractivity contribution in [2.75, 3.05) is 0 Å². The lowest BCUT2D eigenvalue weighted by atomic mass is 10.0. The number of hydrogen-bond acceptors (Lipinski definition) is 1. The predicted molar refractivity (Wildman–Crippen MR) is 74.5 cm³/mol. The molecular weight excluding hydrogens is 238 g/mol. The van der Waals surface area contributed by atoms with Crippen molar-refractivity contribution in [3.63, 3.8) is 0 Å². The molecule has 0 aliphatic heterocycles. The van der Waals surface area contributed by atoms with Crippen molar-refractivity contribution >= 4 is 16.9 Å². The maximum Gasteiger partial charge on any atom is 0.335 e. The SMILES string of the molecule is O=C(O)c1cccc(Cc2ccc3[nH]ccc3c2)c1. The van der Waals surface area contributed by atoms with Gasteiger partial charge in [0.05, 0.1) is 5.56 Å². The Morgan fingerprint density at radius 2 is 1.89 bits per heavy atom. The Bertz CT molecular complexity index is 743. The van der Waals surface area contributed by atoms with Gasteiger partial charge in [-0.15, -0.1) is 0 Å². The highest BCUT2D eigenvalue weighted by molar-refractivity contribution is 5.87. The van der Waals surface area contributed by atoms with E-state index in [1.165, 1.54) is 10.9 Å². The van der Waals surface area contributed by atoms with E-state index in [4.69, 9.17) is 5.11 Å². The van der Waals surface area contributed by atoms with Crippen LogP contribution in [0.25, 0.3) is 10.9 Å². The molecule has 3 rings (SSSR count). The van der Waals surface area contributed by atoms with Crippen LogP contribution in [0.5, 0.6) is 0 Å². The Morgan fingerprint density at radius 3 is 2.74 bits per heavy atom. The summed E-state index contributed by atoms with van der Waals surface area (Å²) in [6.07, 6.45) is 2.65. The number of aromatic nitrogens is 1. The van der Waals surface area contributed by atoms with Crippen LogP contribution in [0.3, 0.4) is 0 Å². The first kappa shape index (κ1) is 11.5. The molecule has 2 aromatic carbocycles. The van der Waals surface area contributed by atoms with Gasteiger partial charge in [0, 0.05) is 11.7 Å². The van der Waals surface area contributed by atoms with Crippen LogP contribution in [-0.2, 0) is 6.42 Å². The fourth-order valence-corrected chi connectivity index (χ4v) is 2.26. The average Bonchev–Trinajstić information content (AvgIpc) is 2.86. The second-order valence-electron chi connectivity index (χ2n) is 4.58. The Morgan fingerprint density at radius 1 is 1.05 bits per heavy atom. The van der Waals surface area contributed by atoms with Gasteiger partial charge in [0.15, 0.2) is 0 Å². The lowest BCUT2D eigenvalue weighted by Gasteiger charge is -2.04. The van der Waals surface area contributed by atoms with E-state index in [9.17, 15) is 4.79 Å². The summed E-state index contributed by atoms with van der Waals surface area (Å²) in [4.78, 5) is 14.1. The van der Waals surface area contributed by atoms with Crippen molar-refractivity contribution in [1.82, 2.24) is 4.98 Å². The number of fused-ring (bicyclic) bond motifs is 1. The van der Waals surface area contributed by atoms with Gasteiger partial charge in [0.1, 0.15) is 0 Å². The molecule has 19 heavy (non-hydrogen) atoms. The molecule has 0 spiro atoms. The number of rotatable bonds is 3. The molecule has 2 N–H and O–H groups in total. The van der Waals surface area contributed by atoms with E-state index < -0.39 is 5.97 Å².